The summed E-state index contributed by atoms with van der Waals surface area (Å²) in [6, 6.07) is 27.8. The summed E-state index contributed by atoms with van der Waals surface area (Å²) in [6.07, 6.45) is 1.95. The van der Waals surface area contributed by atoms with E-state index in [9.17, 15) is 0 Å². The Kier molecular flexibility index (Phi) is 4.97. The highest BCUT2D eigenvalue weighted by Crippen LogP contribution is 2.38. The molecule has 2 nitrogen and oxygen atoms in total. The second kappa shape index (κ2) is 7.92. The summed E-state index contributed by atoms with van der Waals surface area (Å²) >= 11 is 1.82. The molecule has 2 N–H and O–H groups in total. The van der Waals surface area contributed by atoms with E-state index in [2.05, 4.69) is 78.0 Å². The maximum absolute atomic E-state index is 6.27. The molecule has 3 heteroatoms. The Morgan fingerprint density at radius 3 is 2.60 bits per heavy atom. The maximum Gasteiger partial charge on any atom is 0.127 e. The number of anilines is 1. The summed E-state index contributed by atoms with van der Waals surface area (Å²) in [5.74, 6) is 1.07. The lowest BCUT2D eigenvalue weighted by Gasteiger charge is -2.17. The zero-order valence-corrected chi connectivity index (χ0v) is 17.8. The molecule has 0 fully saturated rings. The molecule has 0 aliphatic heterocycles. The van der Waals surface area contributed by atoms with Crippen LogP contribution in [0.1, 0.15) is 30.4 Å². The molecule has 1 atom stereocenters. The van der Waals surface area contributed by atoms with E-state index < -0.39 is 0 Å². The Bertz CT molecular complexity index is 1340. The fourth-order valence-corrected chi connectivity index (χ4v) is 5.22. The van der Waals surface area contributed by atoms with E-state index >= 15 is 0 Å². The van der Waals surface area contributed by atoms with E-state index in [1.807, 2.05) is 29.5 Å². The maximum atomic E-state index is 6.27. The van der Waals surface area contributed by atoms with E-state index in [0.29, 0.717) is 11.7 Å². The molecule has 0 amide bonds. The number of hydrogen-bond donors (Lipinski definition) is 1. The van der Waals surface area contributed by atoms with Gasteiger partial charge in [-0.2, -0.15) is 0 Å². The van der Waals surface area contributed by atoms with Crippen molar-refractivity contribution in [3.8, 4) is 11.1 Å². The SMILES string of the molecule is CC(CCc1cc2ccccc2nc1N)c1ccccc1-c1csc2ccccc12. The van der Waals surface area contributed by atoms with Gasteiger partial charge in [-0.05, 0) is 59.0 Å². The summed E-state index contributed by atoms with van der Waals surface area (Å²) in [6.45, 7) is 2.32. The van der Waals surface area contributed by atoms with E-state index in [1.165, 1.54) is 26.8 Å². The molecule has 0 spiro atoms. The van der Waals surface area contributed by atoms with Crippen molar-refractivity contribution in [1.29, 1.82) is 0 Å². The highest BCUT2D eigenvalue weighted by molar-refractivity contribution is 7.17. The molecule has 30 heavy (non-hydrogen) atoms. The predicted molar refractivity (Wildman–Crippen MR) is 130 cm³/mol. The van der Waals surface area contributed by atoms with Crippen LogP contribution >= 0.6 is 11.3 Å². The Balaban J connectivity index is 1.44. The number of nitrogens with zero attached hydrogens (tertiary/aromatic N) is 1. The molecule has 0 aliphatic rings. The Hall–Kier alpha value is -3.17. The van der Waals surface area contributed by atoms with Crippen LogP contribution in [0.3, 0.4) is 0 Å². The summed E-state index contributed by atoms with van der Waals surface area (Å²) in [4.78, 5) is 4.60. The van der Waals surface area contributed by atoms with Gasteiger partial charge in [0.1, 0.15) is 5.82 Å². The van der Waals surface area contributed by atoms with E-state index in [-0.39, 0.29) is 0 Å². The molecule has 2 heterocycles. The van der Waals surface area contributed by atoms with Crippen molar-refractivity contribution in [3.05, 3.63) is 95.4 Å². The van der Waals surface area contributed by atoms with E-state index in [0.717, 1.165) is 29.3 Å². The number of hydrogen-bond acceptors (Lipinski definition) is 3. The Morgan fingerprint density at radius 2 is 1.67 bits per heavy atom. The molecule has 148 valence electrons. The zero-order chi connectivity index (χ0) is 20.5. The molecule has 0 aliphatic carbocycles. The first-order chi connectivity index (χ1) is 14.7. The average Bonchev–Trinajstić information content (AvgIpc) is 3.21. The minimum Gasteiger partial charge on any atom is -0.383 e. The minimum absolute atomic E-state index is 0.422. The van der Waals surface area contributed by atoms with Crippen molar-refractivity contribution in [3.63, 3.8) is 0 Å². The number of nitrogen functional groups attached to an aromatic ring is 1. The summed E-state index contributed by atoms with van der Waals surface area (Å²) in [5.41, 5.74) is 12.4. The van der Waals surface area contributed by atoms with Crippen molar-refractivity contribution in [2.75, 3.05) is 5.73 Å². The fraction of sp³-hybridized carbons (Fsp3) is 0.148. The van der Waals surface area contributed by atoms with Crippen molar-refractivity contribution in [1.82, 2.24) is 4.98 Å². The van der Waals surface area contributed by atoms with Gasteiger partial charge in [-0.25, -0.2) is 4.98 Å². The molecule has 0 bridgehead atoms. The Labute approximate surface area is 181 Å². The number of thiophene rings is 1. The first-order valence-electron chi connectivity index (χ1n) is 10.4. The van der Waals surface area contributed by atoms with Crippen LogP contribution in [-0.2, 0) is 6.42 Å². The van der Waals surface area contributed by atoms with Crippen LogP contribution in [0.25, 0.3) is 32.1 Å². The molecule has 0 radical (unpaired) electrons. The largest absolute Gasteiger partial charge is 0.383 e. The van der Waals surface area contributed by atoms with Gasteiger partial charge in [-0.3, -0.25) is 0 Å². The summed E-state index contributed by atoms with van der Waals surface area (Å²) in [7, 11) is 0. The molecule has 0 saturated carbocycles. The van der Waals surface area contributed by atoms with Gasteiger partial charge < -0.3 is 5.73 Å². The van der Waals surface area contributed by atoms with Crippen LogP contribution < -0.4 is 5.73 Å². The van der Waals surface area contributed by atoms with Gasteiger partial charge in [0.15, 0.2) is 0 Å². The number of rotatable bonds is 5. The lowest BCUT2D eigenvalue weighted by molar-refractivity contribution is 0.681. The first kappa shape index (κ1) is 18.8. The minimum atomic E-state index is 0.422. The second-order valence-corrected chi connectivity index (χ2v) is 8.81. The molecular weight excluding hydrogens is 384 g/mol. The average molecular weight is 409 g/mol. The predicted octanol–water partition coefficient (Wildman–Crippen LogP) is 7.44. The van der Waals surface area contributed by atoms with Gasteiger partial charge >= 0.3 is 0 Å². The van der Waals surface area contributed by atoms with E-state index in [4.69, 9.17) is 5.73 Å². The number of para-hydroxylation sites is 1. The van der Waals surface area contributed by atoms with Crippen LogP contribution in [0, 0.1) is 0 Å². The first-order valence-corrected chi connectivity index (χ1v) is 11.3. The number of aromatic nitrogens is 1. The van der Waals surface area contributed by atoms with Gasteiger partial charge in [0.2, 0.25) is 0 Å². The fourth-order valence-electron chi connectivity index (χ4n) is 4.26. The second-order valence-electron chi connectivity index (χ2n) is 7.90. The Morgan fingerprint density at radius 1 is 0.900 bits per heavy atom. The lowest BCUT2D eigenvalue weighted by Crippen LogP contribution is -2.02. The molecule has 5 rings (SSSR count). The molecule has 3 aromatic carbocycles. The quantitative estimate of drug-likeness (QED) is 0.328. The van der Waals surface area contributed by atoms with Crippen LogP contribution in [-0.4, -0.2) is 4.98 Å². The smallest absolute Gasteiger partial charge is 0.127 e. The van der Waals surface area contributed by atoms with Crippen molar-refractivity contribution in [2.24, 2.45) is 0 Å². The molecule has 0 saturated heterocycles. The van der Waals surface area contributed by atoms with Gasteiger partial charge in [-0.15, -0.1) is 11.3 Å². The van der Waals surface area contributed by atoms with Gasteiger partial charge in [0.05, 0.1) is 5.52 Å². The van der Waals surface area contributed by atoms with Gasteiger partial charge in [0, 0.05) is 21.0 Å². The molecule has 2 aromatic heterocycles. The third kappa shape index (κ3) is 3.46. The zero-order valence-electron chi connectivity index (χ0n) is 17.0. The lowest BCUT2D eigenvalue weighted by atomic mass is 9.88. The van der Waals surface area contributed by atoms with Crippen LogP contribution in [0.2, 0.25) is 0 Å². The standard InChI is InChI=1S/C27H24N2S/c1-18(14-15-20-16-19-8-2-6-12-25(19)29-27(20)28)21-9-3-4-10-22(21)24-17-30-26-13-7-5-11-23(24)26/h2-13,16-18H,14-15H2,1H3,(H2,28,29). The highest BCUT2D eigenvalue weighted by atomic mass is 32.1. The summed E-state index contributed by atoms with van der Waals surface area (Å²) < 4.78 is 1.34. The molecular formula is C27H24N2S. The topological polar surface area (TPSA) is 38.9 Å². The third-order valence-electron chi connectivity index (χ3n) is 5.95. The number of benzene rings is 3. The van der Waals surface area contributed by atoms with Crippen molar-refractivity contribution in [2.45, 2.75) is 25.7 Å². The van der Waals surface area contributed by atoms with Gasteiger partial charge in [-0.1, -0.05) is 67.6 Å². The van der Waals surface area contributed by atoms with Crippen LogP contribution in [0.15, 0.2) is 84.2 Å². The van der Waals surface area contributed by atoms with Crippen LogP contribution in [0.5, 0.6) is 0 Å². The van der Waals surface area contributed by atoms with Crippen molar-refractivity contribution >= 4 is 38.1 Å². The molecule has 1 unspecified atom stereocenters. The number of nitrogens with two attached hydrogens (primary N) is 1. The highest BCUT2D eigenvalue weighted by Gasteiger charge is 2.15. The third-order valence-corrected chi connectivity index (χ3v) is 6.91. The van der Waals surface area contributed by atoms with Gasteiger partial charge in [0.25, 0.3) is 0 Å². The van der Waals surface area contributed by atoms with Crippen molar-refractivity contribution < 1.29 is 0 Å². The number of aryl methyl sites for hydroxylation is 1. The van der Waals surface area contributed by atoms with Crippen LogP contribution in [0.4, 0.5) is 5.82 Å². The summed E-state index contributed by atoms with van der Waals surface area (Å²) in [5, 5.41) is 4.78. The van der Waals surface area contributed by atoms with E-state index in [1.54, 1.807) is 0 Å². The number of fused-ring (bicyclic) bond motifs is 2. The number of pyridine rings is 1. The normalized spacial score (nSPS) is 12.4. The molecule has 5 aromatic rings. The monoisotopic (exact) mass is 408 g/mol.